The lowest BCUT2D eigenvalue weighted by Gasteiger charge is -2.07. The van der Waals surface area contributed by atoms with Crippen LogP contribution < -0.4 is 15.4 Å². The third-order valence-electron chi connectivity index (χ3n) is 2.78. The summed E-state index contributed by atoms with van der Waals surface area (Å²) in [5.41, 5.74) is 0.946. The Morgan fingerprint density at radius 3 is 2.74 bits per heavy atom. The van der Waals surface area contributed by atoms with Crippen LogP contribution in [-0.4, -0.2) is 24.7 Å². The molecule has 5 heteroatoms. The molecule has 2 amide bonds. The Hall–Kier alpha value is -1.78. The van der Waals surface area contributed by atoms with E-state index in [0.717, 1.165) is 18.5 Å². The normalized spacial score (nSPS) is 10.0. The molecule has 0 aromatic carbocycles. The number of rotatable bonds is 8. The number of amides is 2. The molecule has 0 atom stereocenters. The first-order chi connectivity index (χ1) is 9.26. The summed E-state index contributed by atoms with van der Waals surface area (Å²) in [6, 6.07) is 3.53. The summed E-state index contributed by atoms with van der Waals surface area (Å²) in [4.78, 5) is 15.6. The van der Waals surface area contributed by atoms with Gasteiger partial charge in [-0.3, -0.25) is 0 Å². The molecule has 0 unspecified atom stereocenters. The number of nitrogens with zero attached hydrogens (tertiary/aromatic N) is 1. The predicted molar refractivity (Wildman–Crippen MR) is 75.2 cm³/mol. The van der Waals surface area contributed by atoms with E-state index < -0.39 is 0 Å². The second-order valence-electron chi connectivity index (χ2n) is 4.38. The van der Waals surface area contributed by atoms with E-state index in [1.165, 1.54) is 19.3 Å². The molecule has 19 heavy (non-hydrogen) atoms. The summed E-state index contributed by atoms with van der Waals surface area (Å²) in [7, 11) is 1.58. The molecular weight excluding hydrogens is 242 g/mol. The first kappa shape index (κ1) is 15.3. The molecule has 106 valence electrons. The van der Waals surface area contributed by atoms with Crippen molar-refractivity contribution in [1.82, 2.24) is 15.6 Å². The summed E-state index contributed by atoms with van der Waals surface area (Å²) in [5, 5.41) is 5.64. The maximum atomic E-state index is 11.5. The van der Waals surface area contributed by atoms with E-state index in [1.807, 2.05) is 6.07 Å². The second kappa shape index (κ2) is 9.19. The van der Waals surface area contributed by atoms with Gasteiger partial charge in [0.2, 0.25) is 5.88 Å². The topological polar surface area (TPSA) is 63.2 Å². The van der Waals surface area contributed by atoms with Crippen LogP contribution in [0.3, 0.4) is 0 Å². The molecule has 0 aliphatic heterocycles. The first-order valence-corrected chi connectivity index (χ1v) is 6.77. The van der Waals surface area contributed by atoms with Crippen molar-refractivity contribution in [3.63, 3.8) is 0 Å². The monoisotopic (exact) mass is 265 g/mol. The number of urea groups is 1. The van der Waals surface area contributed by atoms with Crippen LogP contribution in [0.4, 0.5) is 4.79 Å². The van der Waals surface area contributed by atoms with Gasteiger partial charge in [0.1, 0.15) is 0 Å². The lowest BCUT2D eigenvalue weighted by molar-refractivity contribution is 0.240. The van der Waals surface area contributed by atoms with Crippen LogP contribution in [0.1, 0.15) is 38.2 Å². The number of ether oxygens (including phenoxy) is 1. The number of methoxy groups -OCH3 is 1. The second-order valence-corrected chi connectivity index (χ2v) is 4.38. The van der Waals surface area contributed by atoms with Gasteiger partial charge in [0.15, 0.2) is 0 Å². The molecular formula is C14H23N3O2. The molecule has 1 rings (SSSR count). The zero-order chi connectivity index (χ0) is 13.9. The van der Waals surface area contributed by atoms with Gasteiger partial charge in [0, 0.05) is 25.4 Å². The molecule has 5 nitrogen and oxygen atoms in total. The highest BCUT2D eigenvalue weighted by atomic mass is 16.5. The van der Waals surface area contributed by atoms with Crippen LogP contribution in [0.2, 0.25) is 0 Å². The number of pyridine rings is 1. The lowest BCUT2D eigenvalue weighted by atomic mass is 10.2. The summed E-state index contributed by atoms with van der Waals surface area (Å²) in [5.74, 6) is 0.573. The highest BCUT2D eigenvalue weighted by molar-refractivity contribution is 5.73. The van der Waals surface area contributed by atoms with Gasteiger partial charge in [0.25, 0.3) is 0 Å². The Kier molecular flexibility index (Phi) is 7.39. The van der Waals surface area contributed by atoms with E-state index in [-0.39, 0.29) is 6.03 Å². The van der Waals surface area contributed by atoms with E-state index in [4.69, 9.17) is 4.74 Å². The van der Waals surface area contributed by atoms with Crippen molar-refractivity contribution in [2.45, 2.75) is 39.2 Å². The van der Waals surface area contributed by atoms with Crippen molar-refractivity contribution in [2.75, 3.05) is 13.7 Å². The number of carbonyl (C=O) groups excluding carboxylic acids is 1. The summed E-state index contributed by atoms with van der Waals surface area (Å²) in [6.07, 6.45) is 6.32. The Balaban J connectivity index is 2.15. The third-order valence-corrected chi connectivity index (χ3v) is 2.78. The molecule has 0 saturated carbocycles. The van der Waals surface area contributed by atoms with Gasteiger partial charge in [-0.15, -0.1) is 0 Å². The fourth-order valence-electron chi connectivity index (χ4n) is 1.63. The van der Waals surface area contributed by atoms with Crippen LogP contribution in [-0.2, 0) is 6.54 Å². The van der Waals surface area contributed by atoms with Crippen LogP contribution in [0.25, 0.3) is 0 Å². The quantitative estimate of drug-likeness (QED) is 0.710. The van der Waals surface area contributed by atoms with Gasteiger partial charge in [-0.25, -0.2) is 9.78 Å². The largest absolute Gasteiger partial charge is 0.481 e. The number of nitrogens with one attached hydrogen (secondary N) is 2. The van der Waals surface area contributed by atoms with E-state index in [9.17, 15) is 4.79 Å². The van der Waals surface area contributed by atoms with Gasteiger partial charge >= 0.3 is 6.03 Å². The molecule has 2 N–H and O–H groups in total. The molecule has 1 heterocycles. The Morgan fingerprint density at radius 2 is 2.11 bits per heavy atom. The molecule has 0 aliphatic carbocycles. The molecule has 0 spiro atoms. The molecule has 1 aromatic heterocycles. The average Bonchev–Trinajstić information content (AvgIpc) is 2.45. The minimum Gasteiger partial charge on any atom is -0.481 e. The molecule has 0 radical (unpaired) electrons. The SMILES string of the molecule is CCCCCCNC(=O)NCc1ccc(OC)nc1. The molecule has 0 fully saturated rings. The van der Waals surface area contributed by atoms with Crippen molar-refractivity contribution in [3.8, 4) is 5.88 Å². The fourth-order valence-corrected chi connectivity index (χ4v) is 1.63. The van der Waals surface area contributed by atoms with E-state index >= 15 is 0 Å². The number of unbranched alkanes of at least 4 members (excludes halogenated alkanes) is 3. The van der Waals surface area contributed by atoms with Crippen molar-refractivity contribution >= 4 is 6.03 Å². The number of hydrogen-bond donors (Lipinski definition) is 2. The Morgan fingerprint density at radius 1 is 1.26 bits per heavy atom. The first-order valence-electron chi connectivity index (χ1n) is 6.77. The standard InChI is InChI=1S/C14H23N3O2/c1-3-4-5-6-9-15-14(18)17-11-12-7-8-13(19-2)16-10-12/h7-8,10H,3-6,9,11H2,1-2H3,(H2,15,17,18). The smallest absolute Gasteiger partial charge is 0.315 e. The lowest BCUT2D eigenvalue weighted by Crippen LogP contribution is -2.35. The third kappa shape index (κ3) is 6.64. The van der Waals surface area contributed by atoms with Crippen LogP contribution in [0.5, 0.6) is 5.88 Å². The van der Waals surface area contributed by atoms with Gasteiger partial charge in [0.05, 0.1) is 7.11 Å². The molecule has 0 saturated heterocycles. The van der Waals surface area contributed by atoms with Gasteiger partial charge in [-0.05, 0) is 12.0 Å². The summed E-state index contributed by atoms with van der Waals surface area (Å²) >= 11 is 0. The fraction of sp³-hybridized carbons (Fsp3) is 0.571. The maximum absolute atomic E-state index is 11.5. The van der Waals surface area contributed by atoms with Crippen molar-refractivity contribution in [1.29, 1.82) is 0 Å². The predicted octanol–water partition coefficient (Wildman–Crippen LogP) is 2.47. The van der Waals surface area contributed by atoms with Crippen molar-refractivity contribution in [3.05, 3.63) is 23.9 Å². The van der Waals surface area contributed by atoms with Gasteiger partial charge in [-0.1, -0.05) is 32.3 Å². The highest BCUT2D eigenvalue weighted by Gasteiger charge is 2.00. The zero-order valence-electron chi connectivity index (χ0n) is 11.7. The van der Waals surface area contributed by atoms with Gasteiger partial charge in [-0.2, -0.15) is 0 Å². The number of hydrogen-bond acceptors (Lipinski definition) is 3. The van der Waals surface area contributed by atoms with Gasteiger partial charge < -0.3 is 15.4 Å². The van der Waals surface area contributed by atoms with Crippen LogP contribution >= 0.6 is 0 Å². The van der Waals surface area contributed by atoms with E-state index in [0.29, 0.717) is 12.4 Å². The number of aromatic nitrogens is 1. The number of carbonyl (C=O) groups is 1. The van der Waals surface area contributed by atoms with Crippen LogP contribution in [0, 0.1) is 0 Å². The van der Waals surface area contributed by atoms with E-state index in [1.54, 1.807) is 19.4 Å². The Bertz CT molecular complexity index is 365. The highest BCUT2D eigenvalue weighted by Crippen LogP contribution is 2.06. The van der Waals surface area contributed by atoms with E-state index in [2.05, 4.69) is 22.5 Å². The maximum Gasteiger partial charge on any atom is 0.315 e. The minimum absolute atomic E-state index is 0.132. The molecule has 1 aromatic rings. The molecule has 0 aliphatic rings. The summed E-state index contributed by atoms with van der Waals surface area (Å²) < 4.78 is 4.97. The van der Waals surface area contributed by atoms with Crippen LogP contribution in [0.15, 0.2) is 18.3 Å². The molecule has 0 bridgehead atoms. The zero-order valence-corrected chi connectivity index (χ0v) is 11.7. The average molecular weight is 265 g/mol. The van der Waals surface area contributed by atoms with Crippen molar-refractivity contribution in [2.24, 2.45) is 0 Å². The Labute approximate surface area is 114 Å². The van der Waals surface area contributed by atoms with Crippen molar-refractivity contribution < 1.29 is 9.53 Å². The minimum atomic E-state index is -0.132. The summed E-state index contributed by atoms with van der Waals surface area (Å²) in [6.45, 7) is 3.37.